The van der Waals surface area contributed by atoms with Gasteiger partial charge < -0.3 is 9.47 Å². The van der Waals surface area contributed by atoms with Crippen molar-refractivity contribution < 1.29 is 9.47 Å². The topological polar surface area (TPSA) is 18.5 Å². The fourth-order valence-corrected chi connectivity index (χ4v) is 5.89. The summed E-state index contributed by atoms with van der Waals surface area (Å²) in [5, 5.41) is 2.35. The van der Waals surface area contributed by atoms with Crippen molar-refractivity contribution in [3.63, 3.8) is 0 Å². The molecule has 0 bridgehead atoms. The van der Waals surface area contributed by atoms with Gasteiger partial charge in [0.2, 0.25) is 0 Å². The third kappa shape index (κ3) is 8.23. The lowest BCUT2D eigenvalue weighted by molar-refractivity contribution is -0.139. The van der Waals surface area contributed by atoms with Gasteiger partial charge in [0.1, 0.15) is 12.2 Å². The van der Waals surface area contributed by atoms with E-state index in [2.05, 4.69) is 75.1 Å². The fraction of sp³-hybridized carbons (Fsp3) is 0.355. The van der Waals surface area contributed by atoms with Gasteiger partial charge in [0, 0.05) is 11.1 Å². The van der Waals surface area contributed by atoms with Gasteiger partial charge in [0.15, 0.2) is 5.79 Å². The average Bonchev–Trinajstić information content (AvgIpc) is 3.06. The number of ether oxygens (including phenoxy) is 2. The number of hydrogen-bond donors (Lipinski definition) is 0. The van der Waals surface area contributed by atoms with Gasteiger partial charge >= 0.3 is 0 Å². The maximum Gasteiger partial charge on any atom is 0.164 e. The Hall–Kier alpha value is -2.61. The number of benzene rings is 2. The van der Waals surface area contributed by atoms with E-state index in [1.807, 2.05) is 74.5 Å². The molecular weight excluding hydrogens is 461 g/mol. The second kappa shape index (κ2) is 11.0. The van der Waals surface area contributed by atoms with Crippen LogP contribution < -0.4 is 0 Å². The van der Waals surface area contributed by atoms with Crippen LogP contribution in [0.15, 0.2) is 83.2 Å². The molecule has 3 rings (SSSR count). The van der Waals surface area contributed by atoms with Crippen LogP contribution in [0, 0.1) is 23.7 Å². The minimum Gasteiger partial charge on any atom is -0.340 e. The molecule has 1 aliphatic rings. The van der Waals surface area contributed by atoms with E-state index in [9.17, 15) is 0 Å². The number of allylic oxidation sites excluding steroid dienone is 2. The van der Waals surface area contributed by atoms with Crippen LogP contribution in [0.5, 0.6) is 0 Å². The van der Waals surface area contributed by atoms with Gasteiger partial charge in [-0.2, -0.15) is 0 Å². The van der Waals surface area contributed by atoms with E-state index >= 15 is 0 Å². The highest BCUT2D eigenvalue weighted by molar-refractivity contribution is 6.84. The molecule has 0 saturated carbocycles. The van der Waals surface area contributed by atoms with Crippen LogP contribution in [0.3, 0.4) is 0 Å². The molecular formula is C31H38O2Si2. The number of hydrogen-bond acceptors (Lipinski definition) is 2. The van der Waals surface area contributed by atoms with Crippen LogP contribution >= 0.6 is 0 Å². The smallest absolute Gasteiger partial charge is 0.164 e. The Balaban J connectivity index is 2.01. The first-order valence-electron chi connectivity index (χ1n) is 12.3. The molecule has 35 heavy (non-hydrogen) atoms. The van der Waals surface area contributed by atoms with E-state index in [1.54, 1.807) is 0 Å². The summed E-state index contributed by atoms with van der Waals surface area (Å²) < 4.78 is 12.8. The highest BCUT2D eigenvalue weighted by Gasteiger charge is 2.40. The molecule has 1 aliphatic heterocycles. The van der Waals surface area contributed by atoms with Crippen molar-refractivity contribution in [2.75, 3.05) is 0 Å². The van der Waals surface area contributed by atoms with Gasteiger partial charge in [-0.15, -0.1) is 0 Å². The van der Waals surface area contributed by atoms with Gasteiger partial charge in [-0.1, -0.05) is 99.4 Å². The summed E-state index contributed by atoms with van der Waals surface area (Å²) in [6.07, 6.45) is 4.01. The zero-order valence-corrected chi connectivity index (χ0v) is 24.4. The van der Waals surface area contributed by atoms with Crippen LogP contribution in [-0.2, 0) is 9.47 Å². The van der Waals surface area contributed by atoms with Gasteiger partial charge in [0.25, 0.3) is 0 Å². The lowest BCUT2D eigenvalue weighted by atomic mass is 10.1. The van der Waals surface area contributed by atoms with Crippen LogP contribution in [0.1, 0.15) is 25.0 Å². The lowest BCUT2D eigenvalue weighted by Gasteiger charge is -2.21. The van der Waals surface area contributed by atoms with Crippen molar-refractivity contribution in [3.8, 4) is 23.7 Å². The highest BCUT2D eigenvalue weighted by atomic mass is 28.3. The van der Waals surface area contributed by atoms with E-state index < -0.39 is 21.9 Å². The van der Waals surface area contributed by atoms with Crippen molar-refractivity contribution in [2.24, 2.45) is 0 Å². The molecule has 1 saturated heterocycles. The SMILES string of the molecule is CC1(C)O[C@H](/C=C(/C#Cc2ccccc2)[Si](C)(C)C)[C@@H](/C=C(/C#Cc2ccccc2)[Si](C)(C)C)O1. The Morgan fingerprint density at radius 1 is 0.657 bits per heavy atom. The largest absolute Gasteiger partial charge is 0.340 e. The maximum absolute atomic E-state index is 6.39. The zero-order valence-electron chi connectivity index (χ0n) is 22.4. The van der Waals surface area contributed by atoms with E-state index in [-0.39, 0.29) is 12.2 Å². The van der Waals surface area contributed by atoms with Crippen molar-refractivity contribution in [1.82, 2.24) is 0 Å². The molecule has 0 N–H and O–H groups in total. The maximum atomic E-state index is 6.39. The second-order valence-corrected chi connectivity index (χ2v) is 21.5. The van der Waals surface area contributed by atoms with Crippen LogP contribution in [0.25, 0.3) is 0 Å². The van der Waals surface area contributed by atoms with Gasteiger partial charge in [-0.25, -0.2) is 0 Å². The van der Waals surface area contributed by atoms with Gasteiger partial charge in [-0.05, 0) is 60.7 Å². The van der Waals surface area contributed by atoms with Crippen molar-refractivity contribution in [1.29, 1.82) is 0 Å². The Morgan fingerprint density at radius 3 is 1.31 bits per heavy atom. The zero-order chi connectivity index (χ0) is 25.7. The van der Waals surface area contributed by atoms with Crippen LogP contribution in [-0.4, -0.2) is 34.1 Å². The first kappa shape index (κ1) is 27.0. The molecule has 0 aliphatic carbocycles. The van der Waals surface area contributed by atoms with E-state index in [0.29, 0.717) is 0 Å². The molecule has 0 unspecified atom stereocenters. The minimum atomic E-state index is -1.71. The Labute approximate surface area is 214 Å². The molecule has 0 aromatic heterocycles. The van der Waals surface area contributed by atoms with Crippen molar-refractivity contribution >= 4 is 16.1 Å². The Kier molecular flexibility index (Phi) is 8.47. The first-order chi connectivity index (χ1) is 16.3. The fourth-order valence-electron chi connectivity index (χ4n) is 3.68. The molecule has 182 valence electrons. The predicted octanol–water partition coefficient (Wildman–Crippen LogP) is 7.22. The third-order valence-corrected chi connectivity index (χ3v) is 9.49. The first-order valence-corrected chi connectivity index (χ1v) is 19.3. The summed E-state index contributed by atoms with van der Waals surface area (Å²) in [4.78, 5) is 0. The normalized spacial score (nSPS) is 20.5. The average molecular weight is 499 g/mol. The Morgan fingerprint density at radius 2 is 1.00 bits per heavy atom. The van der Waals surface area contributed by atoms with Crippen LogP contribution in [0.2, 0.25) is 39.3 Å². The summed E-state index contributed by atoms with van der Waals surface area (Å²) in [6.45, 7) is 17.9. The quantitative estimate of drug-likeness (QED) is 0.327. The van der Waals surface area contributed by atoms with E-state index in [0.717, 1.165) is 11.1 Å². The summed E-state index contributed by atoms with van der Waals surface area (Å²) in [5.74, 6) is 13.0. The van der Waals surface area contributed by atoms with Gasteiger partial charge in [-0.3, -0.25) is 0 Å². The van der Waals surface area contributed by atoms with E-state index in [1.165, 1.54) is 10.4 Å². The standard InChI is InChI=1S/C31H38O2Si2/c1-31(2)32-29(23-27(34(3,4)5)21-19-25-15-11-9-12-16-25)30(33-31)24-28(35(6,7)8)22-20-26-17-13-10-14-18-26/h9-18,23-24,29-30H,1-8H3/b27-23-,28-24-/t29-,30-/m1/s1. The van der Waals surface area contributed by atoms with Gasteiger partial charge in [0.05, 0.1) is 16.1 Å². The molecule has 0 spiro atoms. The molecule has 2 atom stereocenters. The molecule has 0 amide bonds. The highest BCUT2D eigenvalue weighted by Crippen LogP contribution is 2.33. The summed E-state index contributed by atoms with van der Waals surface area (Å²) in [6, 6.07) is 20.3. The summed E-state index contributed by atoms with van der Waals surface area (Å²) >= 11 is 0. The third-order valence-electron chi connectivity index (χ3n) is 5.67. The van der Waals surface area contributed by atoms with E-state index in [4.69, 9.17) is 9.47 Å². The molecule has 4 heteroatoms. The Bertz CT molecular complexity index is 1090. The lowest BCUT2D eigenvalue weighted by Crippen LogP contribution is -2.29. The summed E-state index contributed by atoms with van der Waals surface area (Å²) in [7, 11) is -3.42. The molecule has 2 aromatic carbocycles. The molecule has 1 heterocycles. The second-order valence-electron chi connectivity index (χ2n) is 11.5. The monoisotopic (exact) mass is 498 g/mol. The minimum absolute atomic E-state index is 0.207. The molecule has 2 aromatic rings. The molecule has 0 radical (unpaired) electrons. The summed E-state index contributed by atoms with van der Waals surface area (Å²) in [5.41, 5.74) is 2.04. The number of rotatable bonds is 4. The van der Waals surface area contributed by atoms with Crippen molar-refractivity contribution in [3.05, 3.63) is 94.3 Å². The molecule has 1 fully saturated rings. The molecule has 2 nitrogen and oxygen atoms in total. The van der Waals surface area contributed by atoms with Crippen LogP contribution in [0.4, 0.5) is 0 Å². The van der Waals surface area contributed by atoms with Crippen molar-refractivity contribution in [2.45, 2.75) is 71.1 Å². The predicted molar refractivity (Wildman–Crippen MR) is 153 cm³/mol.